The lowest BCUT2D eigenvalue weighted by Crippen LogP contribution is -2.41. The van der Waals surface area contributed by atoms with E-state index < -0.39 is 0 Å². The zero-order valence-corrected chi connectivity index (χ0v) is 18.3. The van der Waals surface area contributed by atoms with Crippen LogP contribution in [0.1, 0.15) is 48.1 Å². The van der Waals surface area contributed by atoms with Crippen LogP contribution in [0, 0.1) is 19.8 Å². The first-order valence-electron chi connectivity index (χ1n) is 9.88. The van der Waals surface area contributed by atoms with Gasteiger partial charge in [0.15, 0.2) is 0 Å². The van der Waals surface area contributed by atoms with E-state index >= 15 is 0 Å². The number of amides is 1. The Bertz CT molecular complexity index is 824. The molecule has 2 aromatic rings. The van der Waals surface area contributed by atoms with Crippen LogP contribution in [0.15, 0.2) is 36.4 Å². The Morgan fingerprint density at radius 2 is 1.79 bits per heavy atom. The number of nitrogens with one attached hydrogen (secondary N) is 1. The molecule has 1 aliphatic heterocycles. The average molecular weight is 419 g/mol. The van der Waals surface area contributed by atoms with Gasteiger partial charge in [-0.1, -0.05) is 53.0 Å². The predicted molar refractivity (Wildman–Crippen MR) is 117 cm³/mol. The molecule has 0 aliphatic carbocycles. The molecule has 3 nitrogen and oxygen atoms in total. The molecule has 5 heteroatoms. The van der Waals surface area contributed by atoms with E-state index in [1.807, 2.05) is 18.2 Å². The number of rotatable bonds is 5. The van der Waals surface area contributed by atoms with Gasteiger partial charge in [0.05, 0.1) is 6.04 Å². The van der Waals surface area contributed by atoms with E-state index in [1.54, 1.807) is 0 Å². The van der Waals surface area contributed by atoms with E-state index in [0.29, 0.717) is 10.0 Å². The molecule has 1 heterocycles. The largest absolute Gasteiger partial charge is 0.349 e. The van der Waals surface area contributed by atoms with E-state index in [-0.39, 0.29) is 17.9 Å². The molecule has 0 bridgehead atoms. The number of halogens is 2. The van der Waals surface area contributed by atoms with Crippen LogP contribution < -0.4 is 5.32 Å². The van der Waals surface area contributed by atoms with E-state index in [1.165, 1.54) is 16.7 Å². The van der Waals surface area contributed by atoms with Crippen molar-refractivity contribution >= 4 is 29.1 Å². The topological polar surface area (TPSA) is 32.3 Å². The third-order valence-corrected chi connectivity index (χ3v) is 6.36. The molecule has 0 saturated carbocycles. The highest BCUT2D eigenvalue weighted by atomic mass is 35.5. The minimum Gasteiger partial charge on any atom is -0.349 e. The Balaban J connectivity index is 1.53. The summed E-state index contributed by atoms with van der Waals surface area (Å²) < 4.78 is 0. The highest BCUT2D eigenvalue weighted by Gasteiger charge is 2.26. The highest BCUT2D eigenvalue weighted by molar-refractivity contribution is 6.35. The van der Waals surface area contributed by atoms with Crippen LogP contribution >= 0.6 is 23.2 Å². The van der Waals surface area contributed by atoms with Crippen molar-refractivity contribution in [3.63, 3.8) is 0 Å². The Morgan fingerprint density at radius 1 is 1.14 bits per heavy atom. The van der Waals surface area contributed by atoms with Crippen molar-refractivity contribution < 1.29 is 4.79 Å². The normalized spacial score (nSPS) is 16.8. The van der Waals surface area contributed by atoms with Crippen LogP contribution in [0.4, 0.5) is 0 Å². The maximum absolute atomic E-state index is 12.8. The molecule has 28 heavy (non-hydrogen) atoms. The van der Waals surface area contributed by atoms with Crippen molar-refractivity contribution in [2.75, 3.05) is 13.1 Å². The predicted octanol–water partition coefficient (Wildman–Crippen LogP) is 5.70. The molecule has 0 radical (unpaired) electrons. The lowest BCUT2D eigenvalue weighted by atomic mass is 9.94. The third kappa shape index (κ3) is 5.08. The molecule has 0 spiro atoms. The second-order valence-electron chi connectivity index (χ2n) is 7.84. The zero-order valence-electron chi connectivity index (χ0n) is 16.8. The smallest absolute Gasteiger partial charge is 0.223 e. The summed E-state index contributed by atoms with van der Waals surface area (Å²) in [5.74, 6) is 0.217. The quantitative estimate of drug-likeness (QED) is 0.674. The van der Waals surface area contributed by atoms with Crippen molar-refractivity contribution in [2.45, 2.75) is 46.2 Å². The SMILES string of the molecule is Cc1ccc([C@H](C)NC(=O)C2CCN(Cc3c(Cl)cccc3Cl)CC2)c(C)c1. The van der Waals surface area contributed by atoms with Gasteiger partial charge in [-0.15, -0.1) is 0 Å². The van der Waals surface area contributed by atoms with E-state index in [0.717, 1.165) is 38.0 Å². The van der Waals surface area contributed by atoms with Gasteiger partial charge in [-0.25, -0.2) is 0 Å². The molecular weight excluding hydrogens is 391 g/mol. The number of hydrogen-bond donors (Lipinski definition) is 1. The third-order valence-electron chi connectivity index (χ3n) is 5.65. The molecule has 1 amide bonds. The maximum Gasteiger partial charge on any atom is 0.223 e. The molecule has 1 N–H and O–H groups in total. The first-order valence-corrected chi connectivity index (χ1v) is 10.6. The second kappa shape index (κ2) is 9.30. The fraction of sp³-hybridized carbons (Fsp3) is 0.435. The minimum absolute atomic E-state index is 0.0214. The summed E-state index contributed by atoms with van der Waals surface area (Å²) in [5, 5.41) is 4.62. The van der Waals surface area contributed by atoms with Gasteiger partial charge in [0, 0.05) is 28.1 Å². The van der Waals surface area contributed by atoms with E-state index in [2.05, 4.69) is 49.2 Å². The summed E-state index contributed by atoms with van der Waals surface area (Å²) >= 11 is 12.6. The van der Waals surface area contributed by atoms with Crippen molar-refractivity contribution in [3.8, 4) is 0 Å². The monoisotopic (exact) mass is 418 g/mol. The molecule has 3 rings (SSSR count). The second-order valence-corrected chi connectivity index (χ2v) is 8.66. The van der Waals surface area contributed by atoms with Crippen LogP contribution in [-0.2, 0) is 11.3 Å². The van der Waals surface area contributed by atoms with Crippen molar-refractivity contribution in [1.29, 1.82) is 0 Å². The number of likely N-dealkylation sites (tertiary alicyclic amines) is 1. The summed E-state index contributed by atoms with van der Waals surface area (Å²) in [5.41, 5.74) is 4.62. The molecule has 1 saturated heterocycles. The Hall–Kier alpha value is -1.55. The van der Waals surface area contributed by atoms with Crippen LogP contribution in [0.2, 0.25) is 10.0 Å². The van der Waals surface area contributed by atoms with E-state index in [4.69, 9.17) is 23.2 Å². The number of aryl methyl sites for hydroxylation is 2. The van der Waals surface area contributed by atoms with E-state index in [9.17, 15) is 4.79 Å². The fourth-order valence-electron chi connectivity index (χ4n) is 3.98. The molecule has 1 aliphatic rings. The molecule has 1 atom stereocenters. The lowest BCUT2D eigenvalue weighted by Gasteiger charge is -2.32. The molecular formula is C23H28Cl2N2O. The first kappa shape index (κ1) is 21.2. The Kier molecular flexibility index (Phi) is 7.03. The van der Waals surface area contributed by atoms with Gasteiger partial charge >= 0.3 is 0 Å². The average Bonchev–Trinajstić information content (AvgIpc) is 2.65. The molecule has 150 valence electrons. The van der Waals surface area contributed by atoms with Gasteiger partial charge in [-0.05, 0) is 70.0 Å². The molecule has 1 fully saturated rings. The van der Waals surface area contributed by atoms with Crippen LogP contribution in [0.3, 0.4) is 0 Å². The van der Waals surface area contributed by atoms with Crippen molar-refractivity contribution in [3.05, 3.63) is 68.7 Å². The highest BCUT2D eigenvalue weighted by Crippen LogP contribution is 2.28. The number of benzene rings is 2. The van der Waals surface area contributed by atoms with Gasteiger partial charge in [0.2, 0.25) is 5.91 Å². The van der Waals surface area contributed by atoms with Gasteiger partial charge in [0.25, 0.3) is 0 Å². The summed E-state index contributed by atoms with van der Waals surface area (Å²) in [6, 6.07) is 12.0. The first-order chi connectivity index (χ1) is 13.3. The number of nitrogens with zero attached hydrogens (tertiary/aromatic N) is 1. The number of piperidine rings is 1. The maximum atomic E-state index is 12.8. The number of carbonyl (C=O) groups excluding carboxylic acids is 1. The zero-order chi connectivity index (χ0) is 20.3. The standard InChI is InChI=1S/C23H28Cl2N2O/c1-15-7-8-19(16(2)13-15)17(3)26-23(28)18-9-11-27(12-10-18)14-20-21(24)5-4-6-22(20)25/h4-8,13,17-18H,9-12,14H2,1-3H3,(H,26,28)/t17-/m0/s1. The molecule has 0 unspecified atom stereocenters. The van der Waals surface area contributed by atoms with Crippen LogP contribution in [0.5, 0.6) is 0 Å². The fourth-order valence-corrected chi connectivity index (χ4v) is 4.50. The van der Waals surface area contributed by atoms with Gasteiger partial charge < -0.3 is 5.32 Å². The van der Waals surface area contributed by atoms with Gasteiger partial charge in [-0.2, -0.15) is 0 Å². The lowest BCUT2D eigenvalue weighted by molar-refractivity contribution is -0.127. The summed E-state index contributed by atoms with van der Waals surface area (Å²) in [6.07, 6.45) is 1.71. The minimum atomic E-state index is 0.0214. The molecule has 2 aromatic carbocycles. The Labute approximate surface area is 178 Å². The summed E-state index contributed by atoms with van der Waals surface area (Å²) in [4.78, 5) is 15.1. The number of carbonyl (C=O) groups is 1. The van der Waals surface area contributed by atoms with Crippen LogP contribution in [-0.4, -0.2) is 23.9 Å². The summed E-state index contributed by atoms with van der Waals surface area (Å²) in [6.45, 7) is 8.72. The van der Waals surface area contributed by atoms with Crippen molar-refractivity contribution in [1.82, 2.24) is 10.2 Å². The molecule has 0 aromatic heterocycles. The summed E-state index contributed by atoms with van der Waals surface area (Å²) in [7, 11) is 0. The van der Waals surface area contributed by atoms with Crippen molar-refractivity contribution in [2.24, 2.45) is 5.92 Å². The van der Waals surface area contributed by atoms with Gasteiger partial charge in [-0.3, -0.25) is 9.69 Å². The Morgan fingerprint density at radius 3 is 2.39 bits per heavy atom. The van der Waals surface area contributed by atoms with Crippen LogP contribution in [0.25, 0.3) is 0 Å². The van der Waals surface area contributed by atoms with Gasteiger partial charge in [0.1, 0.15) is 0 Å². The number of hydrogen-bond acceptors (Lipinski definition) is 2.